The minimum Gasteiger partial charge on any atom is -0.303 e. The number of benzene rings is 1. The van der Waals surface area contributed by atoms with Crippen LogP contribution in [0.2, 0.25) is 0 Å². The first kappa shape index (κ1) is 21.1. The van der Waals surface area contributed by atoms with Gasteiger partial charge in [0.1, 0.15) is 0 Å². The van der Waals surface area contributed by atoms with Gasteiger partial charge < -0.3 is 4.90 Å². The first-order chi connectivity index (χ1) is 15.1. The summed E-state index contributed by atoms with van der Waals surface area (Å²) in [7, 11) is -3.16. The van der Waals surface area contributed by atoms with Crippen LogP contribution in [-0.4, -0.2) is 66.3 Å². The predicted octanol–water partition coefficient (Wildman–Crippen LogP) is 4.29. The zero-order valence-electron chi connectivity index (χ0n) is 17.8. The maximum atomic E-state index is 12.8. The summed E-state index contributed by atoms with van der Waals surface area (Å²) >= 11 is 1.70. The molecule has 0 spiro atoms. The Morgan fingerprint density at radius 3 is 2.61 bits per heavy atom. The summed E-state index contributed by atoms with van der Waals surface area (Å²) in [6.45, 7) is 4.35. The topological polar surface area (TPSA) is 69.3 Å². The van der Waals surface area contributed by atoms with Crippen LogP contribution in [0.5, 0.6) is 0 Å². The van der Waals surface area contributed by atoms with E-state index in [0.717, 1.165) is 55.5 Å². The van der Waals surface area contributed by atoms with Crippen molar-refractivity contribution in [2.75, 3.05) is 38.5 Å². The predicted molar refractivity (Wildman–Crippen MR) is 127 cm³/mol. The molecule has 3 aromatic rings. The summed E-state index contributed by atoms with van der Waals surface area (Å²) in [5, 5.41) is 13.2. The van der Waals surface area contributed by atoms with Crippen molar-refractivity contribution in [2.24, 2.45) is 0 Å². The zero-order chi connectivity index (χ0) is 21.3. The van der Waals surface area contributed by atoms with Crippen molar-refractivity contribution in [2.45, 2.75) is 38.0 Å². The van der Waals surface area contributed by atoms with Crippen molar-refractivity contribution in [3.05, 3.63) is 40.7 Å². The normalized spacial score (nSPS) is 19.5. The molecule has 31 heavy (non-hydrogen) atoms. The number of aromatic amines is 1. The van der Waals surface area contributed by atoms with Gasteiger partial charge in [0.05, 0.1) is 11.3 Å². The summed E-state index contributed by atoms with van der Waals surface area (Å²) in [6, 6.07) is 8.55. The van der Waals surface area contributed by atoms with Gasteiger partial charge in [-0.2, -0.15) is 16.4 Å². The molecular weight excluding hydrogens is 428 g/mol. The monoisotopic (exact) mass is 458 g/mol. The second-order valence-corrected chi connectivity index (χ2v) is 11.6. The Morgan fingerprint density at radius 1 is 1.06 bits per heavy atom. The largest absolute Gasteiger partial charge is 0.303 e. The second kappa shape index (κ2) is 9.02. The number of piperidine rings is 1. The van der Waals surface area contributed by atoms with E-state index in [0.29, 0.717) is 19.0 Å². The first-order valence-corrected chi connectivity index (χ1v) is 13.9. The van der Waals surface area contributed by atoms with Gasteiger partial charge in [0, 0.05) is 30.1 Å². The molecule has 2 saturated heterocycles. The molecule has 6 nitrogen and oxygen atoms in total. The molecule has 2 aliphatic rings. The summed E-state index contributed by atoms with van der Waals surface area (Å²) in [4.78, 5) is 2.38. The van der Waals surface area contributed by atoms with Gasteiger partial charge >= 0.3 is 0 Å². The lowest BCUT2D eigenvalue weighted by Gasteiger charge is -2.31. The number of thiophene rings is 1. The highest BCUT2D eigenvalue weighted by Gasteiger charge is 2.30. The molecule has 0 bridgehead atoms. The van der Waals surface area contributed by atoms with E-state index in [4.69, 9.17) is 0 Å². The van der Waals surface area contributed by atoms with Crippen LogP contribution in [0.3, 0.4) is 0 Å². The van der Waals surface area contributed by atoms with Crippen molar-refractivity contribution in [3.8, 4) is 11.1 Å². The van der Waals surface area contributed by atoms with E-state index in [1.54, 1.807) is 15.6 Å². The number of rotatable bonds is 7. The van der Waals surface area contributed by atoms with Gasteiger partial charge in [0.25, 0.3) is 0 Å². The number of H-pyrrole nitrogens is 1. The van der Waals surface area contributed by atoms with Gasteiger partial charge in [-0.3, -0.25) is 5.10 Å². The van der Waals surface area contributed by atoms with Crippen LogP contribution in [0.15, 0.2) is 35.0 Å². The third kappa shape index (κ3) is 4.58. The van der Waals surface area contributed by atoms with Gasteiger partial charge in [0.15, 0.2) is 0 Å². The van der Waals surface area contributed by atoms with E-state index >= 15 is 0 Å². The van der Waals surface area contributed by atoms with Crippen LogP contribution in [0, 0.1) is 0 Å². The Morgan fingerprint density at radius 2 is 1.87 bits per heavy atom. The minimum atomic E-state index is -3.16. The smallest absolute Gasteiger partial charge is 0.214 e. The first-order valence-electron chi connectivity index (χ1n) is 11.3. The third-order valence-corrected chi connectivity index (χ3v) is 9.41. The number of nitrogens with zero attached hydrogens (tertiary/aromatic N) is 3. The average molecular weight is 459 g/mol. The van der Waals surface area contributed by atoms with Crippen LogP contribution >= 0.6 is 11.3 Å². The van der Waals surface area contributed by atoms with Crippen LogP contribution in [0.1, 0.15) is 43.7 Å². The fourth-order valence-electron chi connectivity index (χ4n) is 4.98. The molecule has 0 radical (unpaired) electrons. The molecule has 0 aliphatic carbocycles. The number of nitrogens with one attached hydrogen (secondary N) is 1. The Balaban J connectivity index is 1.23. The second-order valence-electron chi connectivity index (χ2n) is 8.77. The molecule has 2 fully saturated rings. The average Bonchev–Trinajstić information content (AvgIpc) is 3.54. The molecule has 166 valence electrons. The van der Waals surface area contributed by atoms with E-state index < -0.39 is 10.0 Å². The number of aromatic nitrogens is 2. The van der Waals surface area contributed by atoms with Crippen molar-refractivity contribution in [1.82, 2.24) is 19.4 Å². The van der Waals surface area contributed by atoms with Crippen LogP contribution in [0.4, 0.5) is 0 Å². The quantitative estimate of drug-likeness (QED) is 0.574. The van der Waals surface area contributed by atoms with Gasteiger partial charge in [-0.15, -0.1) is 0 Å². The summed E-state index contributed by atoms with van der Waals surface area (Å²) < 4.78 is 27.4. The van der Waals surface area contributed by atoms with Crippen molar-refractivity contribution < 1.29 is 8.42 Å². The fraction of sp³-hybridized carbons (Fsp3) is 0.522. The summed E-state index contributed by atoms with van der Waals surface area (Å²) in [6.07, 6.45) is 4.91. The Labute approximate surface area is 188 Å². The number of hydrogen-bond acceptors (Lipinski definition) is 5. The molecule has 1 N–H and O–H groups in total. The lowest BCUT2D eigenvalue weighted by atomic mass is 9.92. The lowest BCUT2D eigenvalue weighted by Crippen LogP contribution is -2.39. The SMILES string of the molecule is O=S(=O)(CCCN1CCCC1)N1CCC(c2[nH]nc3ccc(-c4ccsc4)cc23)CC1. The number of hydrogen-bond donors (Lipinski definition) is 1. The molecule has 2 aromatic heterocycles. The molecule has 0 atom stereocenters. The molecular formula is C23H30N4O2S2. The lowest BCUT2D eigenvalue weighted by molar-refractivity contribution is 0.313. The molecule has 2 aliphatic heterocycles. The van der Waals surface area contributed by atoms with Crippen molar-refractivity contribution in [3.63, 3.8) is 0 Å². The molecule has 5 rings (SSSR count). The maximum Gasteiger partial charge on any atom is 0.214 e. The van der Waals surface area contributed by atoms with Gasteiger partial charge in [0.2, 0.25) is 10.0 Å². The fourth-order valence-corrected chi connectivity index (χ4v) is 7.16. The molecule has 4 heterocycles. The van der Waals surface area contributed by atoms with E-state index in [1.807, 2.05) is 0 Å². The van der Waals surface area contributed by atoms with E-state index in [1.165, 1.54) is 24.0 Å². The number of fused-ring (bicyclic) bond motifs is 1. The van der Waals surface area contributed by atoms with Crippen LogP contribution in [0.25, 0.3) is 22.0 Å². The molecule has 0 unspecified atom stereocenters. The van der Waals surface area contributed by atoms with Gasteiger partial charge in [-0.25, -0.2) is 12.7 Å². The Hall–Kier alpha value is -1.74. The minimum absolute atomic E-state index is 0.269. The van der Waals surface area contributed by atoms with Crippen LogP contribution < -0.4 is 0 Å². The Bertz CT molecular complexity index is 1110. The summed E-state index contributed by atoms with van der Waals surface area (Å²) in [5.41, 5.74) is 4.56. The maximum absolute atomic E-state index is 12.8. The number of sulfonamides is 1. The van der Waals surface area contributed by atoms with E-state index in [-0.39, 0.29) is 5.75 Å². The van der Waals surface area contributed by atoms with Crippen LogP contribution in [-0.2, 0) is 10.0 Å². The molecule has 0 amide bonds. The number of likely N-dealkylation sites (tertiary alicyclic amines) is 1. The van der Waals surface area contributed by atoms with E-state index in [9.17, 15) is 8.42 Å². The standard InChI is InChI=1S/C23H30N4O2S2/c28-31(29,15-3-11-26-9-1-2-10-26)27-12-6-18(7-13-27)23-21-16-19(20-8-14-30-17-20)4-5-22(21)24-25-23/h4-5,8,14,16-18H,1-3,6-7,9-13,15H2,(H,24,25). The van der Waals surface area contributed by atoms with Crippen molar-refractivity contribution in [1.29, 1.82) is 0 Å². The highest BCUT2D eigenvalue weighted by molar-refractivity contribution is 7.89. The molecule has 8 heteroatoms. The van der Waals surface area contributed by atoms with Crippen molar-refractivity contribution >= 4 is 32.3 Å². The van der Waals surface area contributed by atoms with Gasteiger partial charge in [-0.1, -0.05) is 6.07 Å². The van der Waals surface area contributed by atoms with E-state index in [2.05, 4.69) is 50.1 Å². The highest BCUT2D eigenvalue weighted by Crippen LogP contribution is 2.34. The summed E-state index contributed by atoms with van der Waals surface area (Å²) in [5.74, 6) is 0.587. The molecule has 1 aromatic carbocycles. The molecule has 0 saturated carbocycles. The zero-order valence-corrected chi connectivity index (χ0v) is 19.4. The third-order valence-electron chi connectivity index (χ3n) is 6.77. The Kier molecular flexibility index (Phi) is 6.14. The highest BCUT2D eigenvalue weighted by atomic mass is 32.2. The van der Waals surface area contributed by atoms with Gasteiger partial charge in [-0.05, 0) is 91.8 Å².